The van der Waals surface area contributed by atoms with Crippen LogP contribution in [0.15, 0.2) is 72.8 Å². The minimum absolute atomic E-state index is 0.0114. The number of phenolic OH excluding ortho intramolecular Hbond substituents is 2. The first kappa shape index (κ1) is 35.0. The second kappa shape index (κ2) is 13.9. The summed E-state index contributed by atoms with van der Waals surface area (Å²) in [4.78, 5) is 48.5. The van der Waals surface area contributed by atoms with Gasteiger partial charge in [-0.1, -0.05) is 18.2 Å². The predicted octanol–water partition coefficient (Wildman–Crippen LogP) is 6.55. The number of ether oxygens (including phenoxy) is 2. The number of hydrogen-bond donors (Lipinski definition) is 4. The first-order chi connectivity index (χ1) is 22.6. The van der Waals surface area contributed by atoms with Gasteiger partial charge in [-0.2, -0.15) is 13.2 Å². The maximum atomic E-state index is 15.0. The van der Waals surface area contributed by atoms with E-state index in [0.29, 0.717) is 16.7 Å². The van der Waals surface area contributed by atoms with Gasteiger partial charge in [0, 0.05) is 11.1 Å². The number of carbonyl (C=O) groups excluding carboxylic acids is 4. The molecule has 0 aliphatic carbocycles. The molecule has 13 heteroatoms. The Morgan fingerprint density at radius 2 is 1.27 bits per heavy atom. The molecule has 0 spiro atoms. The van der Waals surface area contributed by atoms with E-state index in [4.69, 9.17) is 9.47 Å². The number of nitrogens with one attached hydrogen (secondary N) is 2. The molecule has 4 aromatic rings. The molecule has 0 saturated carbocycles. The van der Waals surface area contributed by atoms with Crippen LogP contribution in [0.4, 0.5) is 24.5 Å². The highest BCUT2D eigenvalue weighted by Gasteiger charge is 2.54. The predicted molar refractivity (Wildman–Crippen MR) is 169 cm³/mol. The van der Waals surface area contributed by atoms with Crippen LogP contribution >= 0.6 is 0 Å². The van der Waals surface area contributed by atoms with E-state index >= 15 is 0 Å². The Hall–Kier alpha value is -5.85. The van der Waals surface area contributed by atoms with Crippen molar-refractivity contribution >= 4 is 35.6 Å². The third kappa shape index (κ3) is 7.09. The number of methoxy groups -OCH3 is 1. The van der Waals surface area contributed by atoms with E-state index in [1.807, 2.05) is 0 Å². The Kier molecular flexibility index (Phi) is 10.1. The quantitative estimate of drug-likeness (QED) is 0.0847. The number of esters is 1. The van der Waals surface area contributed by atoms with Crippen molar-refractivity contribution in [2.45, 2.75) is 39.0 Å². The molecule has 0 aliphatic rings. The third-order valence-corrected chi connectivity index (χ3v) is 8.02. The fraction of sp³-hybridized carbons (Fsp3) is 0.200. The highest BCUT2D eigenvalue weighted by atomic mass is 19.4. The molecule has 48 heavy (non-hydrogen) atoms. The van der Waals surface area contributed by atoms with Crippen LogP contribution in [-0.4, -0.2) is 47.8 Å². The number of alkyl halides is 3. The maximum absolute atomic E-state index is 15.0. The zero-order chi connectivity index (χ0) is 35.4. The van der Waals surface area contributed by atoms with Crippen LogP contribution in [0.5, 0.6) is 11.5 Å². The molecule has 250 valence electrons. The van der Waals surface area contributed by atoms with Crippen molar-refractivity contribution in [3.05, 3.63) is 117 Å². The smallest absolute Gasteiger partial charge is 0.402 e. The molecule has 10 nitrogen and oxygen atoms in total. The molecule has 2 amide bonds. The van der Waals surface area contributed by atoms with Crippen molar-refractivity contribution in [2.24, 2.45) is 0 Å². The van der Waals surface area contributed by atoms with Gasteiger partial charge in [-0.25, -0.2) is 4.79 Å². The molecule has 0 heterocycles. The Morgan fingerprint density at radius 3 is 1.71 bits per heavy atom. The Bertz CT molecular complexity index is 1910. The van der Waals surface area contributed by atoms with Crippen molar-refractivity contribution in [3.8, 4) is 11.5 Å². The van der Waals surface area contributed by atoms with E-state index in [0.717, 1.165) is 43.3 Å². The third-order valence-electron chi connectivity index (χ3n) is 8.02. The van der Waals surface area contributed by atoms with Crippen LogP contribution in [0.25, 0.3) is 0 Å². The Labute approximate surface area is 273 Å². The first-order valence-electron chi connectivity index (χ1n) is 14.3. The van der Waals surface area contributed by atoms with E-state index in [2.05, 4.69) is 10.6 Å². The van der Waals surface area contributed by atoms with Crippen molar-refractivity contribution < 1.29 is 52.0 Å². The zero-order valence-corrected chi connectivity index (χ0v) is 26.2. The van der Waals surface area contributed by atoms with E-state index in [1.165, 1.54) is 37.4 Å². The normalized spacial score (nSPS) is 12.4. The van der Waals surface area contributed by atoms with Gasteiger partial charge >= 0.3 is 12.1 Å². The summed E-state index contributed by atoms with van der Waals surface area (Å²) in [7, 11) is 1.21. The second-order valence-corrected chi connectivity index (χ2v) is 11.1. The standard InChI is InChI=1S/C35H31F3N2O8/c1-19-13-21(5-6-23(19)17-48-18-41)31(44)39-27-15-24(8-11-29(27)42)34(3,35(36,37)38)25-9-12-30(43)28(16-25)40-32(45)22-7-10-26(20(2)14-22)33(46)47-4/h5-16,18,42-43H,17H2,1-4H3,(H,39,44)(H,40,45). The van der Waals surface area contributed by atoms with E-state index in [-0.39, 0.29) is 52.3 Å². The zero-order valence-electron chi connectivity index (χ0n) is 26.2. The van der Waals surface area contributed by atoms with Gasteiger partial charge in [0.15, 0.2) is 0 Å². The summed E-state index contributed by atoms with van der Waals surface area (Å²) in [6.45, 7) is 4.43. The summed E-state index contributed by atoms with van der Waals surface area (Å²) in [5.41, 5.74) is -1.99. The van der Waals surface area contributed by atoms with Crippen molar-refractivity contribution in [1.82, 2.24) is 0 Å². The van der Waals surface area contributed by atoms with Gasteiger partial charge in [-0.05, 0) is 103 Å². The summed E-state index contributed by atoms with van der Waals surface area (Å²) < 4.78 is 54.4. The average Bonchev–Trinajstić information content (AvgIpc) is 3.04. The lowest BCUT2D eigenvalue weighted by Crippen LogP contribution is -2.40. The van der Waals surface area contributed by atoms with Crippen molar-refractivity contribution in [1.29, 1.82) is 0 Å². The Morgan fingerprint density at radius 1 is 0.771 bits per heavy atom. The minimum atomic E-state index is -4.94. The Balaban J connectivity index is 1.67. The molecule has 4 N–H and O–H groups in total. The number of carbonyl (C=O) groups is 4. The van der Waals surface area contributed by atoms with Crippen LogP contribution < -0.4 is 10.6 Å². The summed E-state index contributed by atoms with van der Waals surface area (Å²) in [5, 5.41) is 25.8. The number of anilines is 2. The molecule has 1 unspecified atom stereocenters. The van der Waals surface area contributed by atoms with Crippen LogP contribution in [0.1, 0.15) is 65.8 Å². The lowest BCUT2D eigenvalue weighted by Gasteiger charge is -2.34. The largest absolute Gasteiger partial charge is 0.506 e. The van der Waals surface area contributed by atoms with Gasteiger partial charge < -0.3 is 30.3 Å². The van der Waals surface area contributed by atoms with Crippen LogP contribution in [0, 0.1) is 13.8 Å². The van der Waals surface area contributed by atoms with Crippen molar-refractivity contribution in [3.63, 3.8) is 0 Å². The molecule has 1 atom stereocenters. The van der Waals surface area contributed by atoms with Gasteiger partial charge in [-0.15, -0.1) is 0 Å². The number of aromatic hydroxyl groups is 2. The van der Waals surface area contributed by atoms with Gasteiger partial charge in [-0.3, -0.25) is 14.4 Å². The molecular formula is C35H31F3N2O8. The SMILES string of the molecule is COC(=O)c1ccc(C(=O)Nc2cc(C(C)(c3ccc(O)c(NC(=O)c4ccc(COC=O)c(C)c4)c3)C(F)(F)F)ccc2O)cc1C. The number of aryl methyl sites for hydroxylation is 2. The molecule has 0 fully saturated rings. The number of halogens is 3. The molecule has 0 saturated heterocycles. The molecule has 4 rings (SSSR count). The highest BCUT2D eigenvalue weighted by molar-refractivity contribution is 6.06. The molecule has 0 radical (unpaired) electrons. The van der Waals surface area contributed by atoms with E-state index in [9.17, 15) is 42.6 Å². The van der Waals surface area contributed by atoms with Gasteiger partial charge in [0.05, 0.1) is 24.0 Å². The number of phenols is 2. The van der Waals surface area contributed by atoms with Gasteiger partial charge in [0.2, 0.25) is 0 Å². The summed E-state index contributed by atoms with van der Waals surface area (Å²) in [5.74, 6) is -3.08. The maximum Gasteiger partial charge on any atom is 0.402 e. The van der Waals surface area contributed by atoms with Gasteiger partial charge in [0.1, 0.15) is 23.5 Å². The van der Waals surface area contributed by atoms with Crippen molar-refractivity contribution in [2.75, 3.05) is 17.7 Å². The molecule has 0 aliphatic heterocycles. The highest BCUT2D eigenvalue weighted by Crippen LogP contribution is 2.48. The lowest BCUT2D eigenvalue weighted by atomic mass is 9.75. The van der Waals surface area contributed by atoms with Crippen LogP contribution in [0.3, 0.4) is 0 Å². The van der Waals surface area contributed by atoms with Crippen LogP contribution in [0.2, 0.25) is 0 Å². The fourth-order valence-electron chi connectivity index (χ4n) is 5.04. The second-order valence-electron chi connectivity index (χ2n) is 11.1. The summed E-state index contributed by atoms with van der Waals surface area (Å²) in [6.07, 6.45) is -4.94. The first-order valence-corrected chi connectivity index (χ1v) is 14.3. The minimum Gasteiger partial charge on any atom is -0.506 e. The summed E-state index contributed by atoms with van der Waals surface area (Å²) in [6, 6.07) is 14.7. The molecule has 0 bridgehead atoms. The summed E-state index contributed by atoms with van der Waals surface area (Å²) >= 11 is 0. The number of rotatable bonds is 10. The van der Waals surface area contributed by atoms with E-state index < -0.39 is 40.9 Å². The lowest BCUT2D eigenvalue weighted by molar-refractivity contribution is -0.173. The van der Waals surface area contributed by atoms with Gasteiger partial charge in [0.25, 0.3) is 18.3 Å². The van der Waals surface area contributed by atoms with Crippen LogP contribution in [-0.2, 0) is 26.3 Å². The number of benzene rings is 4. The molecular weight excluding hydrogens is 633 g/mol. The monoisotopic (exact) mass is 664 g/mol. The molecule has 0 aromatic heterocycles. The fourth-order valence-corrected chi connectivity index (χ4v) is 5.04. The topological polar surface area (TPSA) is 151 Å². The average molecular weight is 665 g/mol. The molecule has 4 aromatic carbocycles. The van der Waals surface area contributed by atoms with E-state index in [1.54, 1.807) is 19.9 Å². The number of hydrogen-bond acceptors (Lipinski definition) is 8. The number of amides is 2.